The topological polar surface area (TPSA) is 123 Å². The van der Waals surface area contributed by atoms with Crippen LogP contribution in [0.2, 0.25) is 0 Å². The molecule has 0 fully saturated rings. The zero-order chi connectivity index (χ0) is 19.8. The maximum atomic E-state index is 11.2. The lowest BCUT2D eigenvalue weighted by molar-refractivity contribution is -0.132. The summed E-state index contributed by atoms with van der Waals surface area (Å²) < 4.78 is 14.4. The molecule has 8 nitrogen and oxygen atoms in total. The van der Waals surface area contributed by atoms with E-state index in [1.807, 2.05) is 29.8 Å². The molecule has 0 aliphatic carbocycles. The first kappa shape index (κ1) is 18.1. The molecule has 1 aliphatic heterocycles. The molecule has 4 rings (SSSR count). The zero-order valence-corrected chi connectivity index (χ0v) is 16.3. The van der Waals surface area contributed by atoms with Crippen LogP contribution in [-0.4, -0.2) is 28.9 Å². The molecule has 28 heavy (non-hydrogen) atoms. The minimum atomic E-state index is -1.28. The van der Waals surface area contributed by atoms with Crippen molar-refractivity contribution >= 4 is 44.9 Å². The number of carboxylic acid groups (broad SMARTS) is 1. The lowest BCUT2D eigenvalue weighted by Crippen LogP contribution is -2.15. The van der Waals surface area contributed by atoms with Gasteiger partial charge in [-0.3, -0.25) is 0 Å². The van der Waals surface area contributed by atoms with Crippen LogP contribution in [0.5, 0.6) is 11.5 Å². The van der Waals surface area contributed by atoms with Crippen molar-refractivity contribution in [3.8, 4) is 28.0 Å². The van der Waals surface area contributed by atoms with E-state index in [9.17, 15) is 4.79 Å². The van der Waals surface area contributed by atoms with Gasteiger partial charge in [0, 0.05) is 7.05 Å². The van der Waals surface area contributed by atoms with Gasteiger partial charge in [-0.2, -0.15) is 10.4 Å². The van der Waals surface area contributed by atoms with E-state index < -0.39 is 5.97 Å². The lowest BCUT2D eigenvalue weighted by Gasteiger charge is -2.16. The van der Waals surface area contributed by atoms with E-state index in [4.69, 9.17) is 25.7 Å². The van der Waals surface area contributed by atoms with Crippen molar-refractivity contribution in [3.63, 3.8) is 0 Å². The molecule has 142 valence electrons. The Labute approximate surface area is 167 Å². The number of hydrogen-bond donors (Lipinski definition) is 2. The largest absolute Gasteiger partial charge is 0.485 e. The monoisotopic (exact) mass is 414 g/mol. The molecule has 0 radical (unpaired) electrons. The van der Waals surface area contributed by atoms with E-state index in [-0.39, 0.29) is 5.57 Å². The van der Waals surface area contributed by atoms with Gasteiger partial charge in [0.25, 0.3) is 0 Å². The molecule has 0 spiro atoms. The molecule has 3 heterocycles. The number of carboxylic acids is 1. The summed E-state index contributed by atoms with van der Waals surface area (Å²) >= 11 is 2.79. The second-order valence-electron chi connectivity index (χ2n) is 5.88. The molecule has 2 aromatic heterocycles. The van der Waals surface area contributed by atoms with Crippen molar-refractivity contribution in [3.05, 3.63) is 33.5 Å². The number of aryl methyl sites for hydroxylation is 1. The highest BCUT2D eigenvalue weighted by atomic mass is 32.1. The van der Waals surface area contributed by atoms with Crippen LogP contribution >= 0.6 is 22.7 Å². The van der Waals surface area contributed by atoms with Crippen LogP contribution in [-0.2, 0) is 11.8 Å². The summed E-state index contributed by atoms with van der Waals surface area (Å²) in [7, 11) is 1.90. The number of aliphatic carboxylic acids is 1. The molecule has 0 unspecified atom stereocenters. The molecular formula is C18H14N4O4S2. The third-order valence-electron chi connectivity index (χ3n) is 4.23. The van der Waals surface area contributed by atoms with Crippen molar-refractivity contribution < 1.29 is 19.4 Å². The van der Waals surface area contributed by atoms with Crippen LogP contribution in [0.15, 0.2) is 28.9 Å². The van der Waals surface area contributed by atoms with Crippen molar-refractivity contribution in [1.29, 1.82) is 5.26 Å². The van der Waals surface area contributed by atoms with Gasteiger partial charge in [0.2, 0.25) is 4.80 Å². The molecule has 10 heteroatoms. The van der Waals surface area contributed by atoms with Crippen molar-refractivity contribution in [2.24, 2.45) is 18.0 Å². The number of fused-ring (bicyclic) bond motifs is 2. The number of benzene rings is 1. The van der Waals surface area contributed by atoms with Crippen LogP contribution in [0.4, 0.5) is 0 Å². The van der Waals surface area contributed by atoms with Crippen molar-refractivity contribution in [1.82, 2.24) is 4.57 Å². The molecule has 3 aromatic rings. The molecule has 1 aromatic carbocycles. The van der Waals surface area contributed by atoms with Gasteiger partial charge in [0.05, 0.1) is 20.0 Å². The van der Waals surface area contributed by atoms with Gasteiger partial charge in [0.15, 0.2) is 11.5 Å². The summed E-state index contributed by atoms with van der Waals surface area (Å²) in [6, 6.07) is 7.63. The number of thiazole rings is 1. The molecule has 0 saturated heterocycles. The van der Waals surface area contributed by atoms with Crippen LogP contribution in [0.3, 0.4) is 0 Å². The van der Waals surface area contributed by atoms with Gasteiger partial charge in [-0.1, -0.05) is 17.4 Å². The summed E-state index contributed by atoms with van der Waals surface area (Å²) in [5.41, 5.74) is 1.54. The van der Waals surface area contributed by atoms with Crippen molar-refractivity contribution in [2.45, 2.75) is 0 Å². The highest BCUT2D eigenvalue weighted by Crippen LogP contribution is 2.50. The molecule has 1 aliphatic rings. The summed E-state index contributed by atoms with van der Waals surface area (Å²) in [4.78, 5) is 13.3. The number of nitrogens with zero attached hydrogens (tertiary/aromatic N) is 3. The number of carbonyl (C=O) groups is 1. The second-order valence-corrected chi connectivity index (χ2v) is 7.94. The van der Waals surface area contributed by atoms with E-state index in [0.29, 0.717) is 34.4 Å². The average Bonchev–Trinajstić information content (AvgIpc) is 3.23. The number of thiophene rings is 1. The van der Waals surface area contributed by atoms with Gasteiger partial charge in [-0.15, -0.1) is 11.3 Å². The van der Waals surface area contributed by atoms with Gasteiger partial charge < -0.3 is 25.0 Å². The lowest BCUT2D eigenvalue weighted by atomic mass is 10.1. The van der Waals surface area contributed by atoms with E-state index >= 15 is 0 Å². The Balaban J connectivity index is 1.90. The smallest absolute Gasteiger partial charge is 0.346 e. The minimum Gasteiger partial charge on any atom is -0.485 e. The van der Waals surface area contributed by atoms with Gasteiger partial charge in [-0.25, -0.2) is 4.79 Å². The number of nitriles is 1. The van der Waals surface area contributed by atoms with Crippen LogP contribution < -0.4 is 20.1 Å². The first-order chi connectivity index (χ1) is 13.5. The number of rotatable bonds is 3. The number of ether oxygens (including phenoxy) is 2. The maximum Gasteiger partial charge on any atom is 0.346 e. The predicted octanol–water partition coefficient (Wildman–Crippen LogP) is 2.51. The van der Waals surface area contributed by atoms with Crippen LogP contribution in [0.1, 0.15) is 4.88 Å². The Hall–Kier alpha value is -3.29. The third kappa shape index (κ3) is 2.90. The summed E-state index contributed by atoms with van der Waals surface area (Å²) in [6.07, 6.45) is 1.32. The fourth-order valence-corrected chi connectivity index (χ4v) is 5.04. The van der Waals surface area contributed by atoms with Crippen LogP contribution in [0.25, 0.3) is 26.7 Å². The van der Waals surface area contributed by atoms with E-state index in [2.05, 4.69) is 5.10 Å². The highest BCUT2D eigenvalue weighted by molar-refractivity contribution is 7.17. The Kier molecular flexibility index (Phi) is 4.54. The molecular weight excluding hydrogens is 400 g/mol. The van der Waals surface area contributed by atoms with E-state index in [1.165, 1.54) is 28.7 Å². The minimum absolute atomic E-state index is 0.361. The molecule has 0 amide bonds. The van der Waals surface area contributed by atoms with Gasteiger partial charge in [-0.05, 0) is 23.8 Å². The molecule has 0 saturated carbocycles. The number of hydrogen-bond acceptors (Lipinski definition) is 8. The first-order valence-corrected chi connectivity index (χ1v) is 9.78. The Morgan fingerprint density at radius 2 is 2.11 bits per heavy atom. The number of aromatic nitrogens is 1. The van der Waals surface area contributed by atoms with E-state index in [1.54, 1.807) is 6.07 Å². The van der Waals surface area contributed by atoms with Gasteiger partial charge >= 0.3 is 5.97 Å². The fraction of sp³-hybridized carbons (Fsp3) is 0.167. The molecule has 0 atom stereocenters. The molecule has 0 bridgehead atoms. The second kappa shape index (κ2) is 7.03. The predicted molar refractivity (Wildman–Crippen MR) is 106 cm³/mol. The SMILES string of the molecule is Cn1/c(=N/N)sc2cc(-c3sc(/C=C(\C#N)C(=O)O)c4c3OCCO4)ccc21. The molecule has 3 N–H and O–H groups in total. The number of nitrogens with two attached hydrogens (primary N) is 1. The van der Waals surface area contributed by atoms with E-state index in [0.717, 1.165) is 20.7 Å². The summed E-state index contributed by atoms with van der Waals surface area (Å²) in [5.74, 6) is 5.19. The normalized spacial score (nSPS) is 14.3. The maximum absolute atomic E-state index is 11.2. The first-order valence-electron chi connectivity index (χ1n) is 8.15. The highest BCUT2D eigenvalue weighted by Gasteiger charge is 2.25. The Morgan fingerprint density at radius 1 is 1.36 bits per heavy atom. The Bertz CT molecular complexity index is 1240. The van der Waals surface area contributed by atoms with Crippen molar-refractivity contribution in [2.75, 3.05) is 13.2 Å². The Morgan fingerprint density at radius 3 is 2.79 bits per heavy atom. The van der Waals surface area contributed by atoms with Gasteiger partial charge in [0.1, 0.15) is 24.9 Å². The third-order valence-corrected chi connectivity index (χ3v) is 6.49. The van der Waals surface area contributed by atoms with Crippen LogP contribution in [0, 0.1) is 11.3 Å². The standard InChI is InChI=1S/C18H14N4O4S2/c1-22-11-3-2-9(6-12(11)28-18(22)21-20)16-15-14(25-4-5-26-15)13(27-16)7-10(8-19)17(23)24/h2-3,6-7H,4-5,20H2,1H3,(H,23,24)/b10-7+,21-18-. The fourth-order valence-electron chi connectivity index (χ4n) is 2.93. The summed E-state index contributed by atoms with van der Waals surface area (Å²) in [5, 5.41) is 22.0. The average molecular weight is 414 g/mol. The quantitative estimate of drug-likeness (QED) is 0.294. The summed E-state index contributed by atoms with van der Waals surface area (Å²) in [6.45, 7) is 0.760. The zero-order valence-electron chi connectivity index (χ0n) is 14.6.